The van der Waals surface area contributed by atoms with Crippen LogP contribution in [0.5, 0.6) is 0 Å². The van der Waals surface area contributed by atoms with Gasteiger partial charge in [0, 0.05) is 43.5 Å². The molecule has 160 valence electrons. The molecule has 1 saturated heterocycles. The number of nitrogens with zero attached hydrogens (tertiary/aromatic N) is 4. The van der Waals surface area contributed by atoms with Crippen molar-refractivity contribution in [2.24, 2.45) is 5.10 Å². The first kappa shape index (κ1) is 21.2. The number of thiocarbonyl (C=S) groups is 1. The van der Waals surface area contributed by atoms with Crippen LogP contribution in [0.2, 0.25) is 0 Å². The molecule has 3 aromatic rings. The summed E-state index contributed by atoms with van der Waals surface area (Å²) in [7, 11) is 0. The van der Waals surface area contributed by atoms with Gasteiger partial charge in [-0.05, 0) is 24.4 Å². The molecule has 0 amide bonds. The van der Waals surface area contributed by atoms with E-state index in [1.54, 1.807) is 6.21 Å². The van der Waals surface area contributed by atoms with E-state index < -0.39 is 0 Å². The molecule has 1 aliphatic rings. The van der Waals surface area contributed by atoms with Crippen molar-refractivity contribution in [1.29, 1.82) is 0 Å². The van der Waals surface area contributed by atoms with E-state index in [-0.39, 0.29) is 0 Å². The van der Waals surface area contributed by atoms with Crippen LogP contribution in [-0.2, 0) is 4.74 Å². The Labute approximate surface area is 187 Å². The number of hydrazone groups is 1. The molecule has 1 fully saturated rings. The van der Waals surface area contributed by atoms with Gasteiger partial charge in [-0.3, -0.25) is 10.3 Å². The summed E-state index contributed by atoms with van der Waals surface area (Å²) in [6.07, 6.45) is 3.72. The molecule has 0 atom stereocenters. The molecule has 8 heteroatoms. The maximum Gasteiger partial charge on any atom is 0.187 e. The fourth-order valence-corrected chi connectivity index (χ4v) is 3.52. The first-order chi connectivity index (χ1) is 15.3. The third-order valence-corrected chi connectivity index (χ3v) is 5.23. The number of hydrogen-bond acceptors (Lipinski definition) is 5. The zero-order valence-corrected chi connectivity index (χ0v) is 18.1. The fourth-order valence-electron chi connectivity index (χ4n) is 3.37. The Balaban J connectivity index is 1.40. The minimum Gasteiger partial charge on any atom is -0.379 e. The van der Waals surface area contributed by atoms with Gasteiger partial charge >= 0.3 is 0 Å². The second-order valence-electron chi connectivity index (χ2n) is 7.16. The van der Waals surface area contributed by atoms with Crippen molar-refractivity contribution >= 4 is 23.5 Å². The third kappa shape index (κ3) is 5.97. The predicted molar refractivity (Wildman–Crippen MR) is 128 cm³/mol. The van der Waals surface area contributed by atoms with Crippen molar-refractivity contribution in [2.75, 3.05) is 39.4 Å². The van der Waals surface area contributed by atoms with Crippen molar-refractivity contribution in [3.05, 3.63) is 72.4 Å². The van der Waals surface area contributed by atoms with Crippen molar-refractivity contribution in [2.45, 2.75) is 0 Å². The summed E-state index contributed by atoms with van der Waals surface area (Å²) in [4.78, 5) is 2.35. The quantitative estimate of drug-likeness (QED) is 0.339. The maximum atomic E-state index is 5.37. The fraction of sp³-hybridized carbons (Fsp3) is 0.261. The number of benzene rings is 2. The van der Waals surface area contributed by atoms with Gasteiger partial charge in [0.2, 0.25) is 0 Å². The highest BCUT2D eigenvalue weighted by Crippen LogP contribution is 2.22. The maximum absolute atomic E-state index is 5.37. The molecule has 0 spiro atoms. The van der Waals surface area contributed by atoms with Gasteiger partial charge in [0.05, 0.1) is 25.1 Å². The summed E-state index contributed by atoms with van der Waals surface area (Å²) >= 11 is 5.34. The minimum atomic E-state index is 0.501. The van der Waals surface area contributed by atoms with Crippen LogP contribution < -0.4 is 10.7 Å². The number of ether oxygens (including phenoxy) is 1. The van der Waals surface area contributed by atoms with E-state index >= 15 is 0 Å². The van der Waals surface area contributed by atoms with Crippen molar-refractivity contribution < 1.29 is 4.74 Å². The Bertz CT molecular complexity index is 999. The molecule has 2 aromatic carbocycles. The van der Waals surface area contributed by atoms with Gasteiger partial charge in [-0.15, -0.1) is 0 Å². The minimum absolute atomic E-state index is 0.501. The number of rotatable bonds is 7. The highest BCUT2D eigenvalue weighted by atomic mass is 32.1. The lowest BCUT2D eigenvalue weighted by atomic mass is 10.1. The summed E-state index contributed by atoms with van der Waals surface area (Å²) in [5, 5.41) is 12.8. The van der Waals surface area contributed by atoms with E-state index in [4.69, 9.17) is 22.1 Å². The van der Waals surface area contributed by atoms with E-state index in [2.05, 4.69) is 20.7 Å². The van der Waals surface area contributed by atoms with Gasteiger partial charge in [-0.25, -0.2) is 4.68 Å². The zero-order valence-electron chi connectivity index (χ0n) is 17.3. The number of aromatic nitrogens is 2. The van der Waals surface area contributed by atoms with Crippen molar-refractivity contribution in [3.63, 3.8) is 0 Å². The van der Waals surface area contributed by atoms with E-state index in [9.17, 15) is 0 Å². The SMILES string of the molecule is S=C(NCCN1CCOCC1)N/N=C/c1cn(-c2ccccc2)nc1-c1ccccc1. The van der Waals surface area contributed by atoms with Crippen LogP contribution in [0, 0.1) is 0 Å². The molecule has 0 saturated carbocycles. The Kier molecular flexibility index (Phi) is 7.38. The molecular formula is C23H26N6OS. The lowest BCUT2D eigenvalue weighted by Crippen LogP contribution is -2.42. The van der Waals surface area contributed by atoms with Gasteiger partial charge in [0.15, 0.2) is 5.11 Å². The Morgan fingerprint density at radius 3 is 2.52 bits per heavy atom. The highest BCUT2D eigenvalue weighted by molar-refractivity contribution is 7.80. The molecule has 1 aliphatic heterocycles. The van der Waals surface area contributed by atoms with E-state index in [0.717, 1.165) is 61.9 Å². The molecule has 7 nitrogen and oxygen atoms in total. The zero-order chi connectivity index (χ0) is 21.3. The van der Waals surface area contributed by atoms with Crippen LogP contribution in [0.25, 0.3) is 16.9 Å². The highest BCUT2D eigenvalue weighted by Gasteiger charge is 2.11. The first-order valence-corrected chi connectivity index (χ1v) is 10.8. The van der Waals surface area contributed by atoms with Crippen LogP contribution in [0.1, 0.15) is 5.56 Å². The standard InChI is InChI=1S/C23H26N6OS/c31-23(24-11-12-28-13-15-30-16-14-28)26-25-17-20-18-29(21-9-5-2-6-10-21)27-22(20)19-7-3-1-4-8-19/h1-10,17-18H,11-16H2,(H2,24,26,31)/b25-17+. The second-order valence-corrected chi connectivity index (χ2v) is 7.57. The van der Waals surface area contributed by atoms with E-state index in [1.807, 2.05) is 71.5 Å². The summed E-state index contributed by atoms with van der Waals surface area (Å²) < 4.78 is 7.23. The summed E-state index contributed by atoms with van der Waals surface area (Å²) in [5.74, 6) is 0. The van der Waals surface area contributed by atoms with Gasteiger partial charge in [0.25, 0.3) is 0 Å². The Morgan fingerprint density at radius 2 is 1.77 bits per heavy atom. The largest absolute Gasteiger partial charge is 0.379 e. The molecular weight excluding hydrogens is 408 g/mol. The average Bonchev–Trinajstić information content (AvgIpc) is 3.25. The summed E-state index contributed by atoms with van der Waals surface area (Å²) in [6, 6.07) is 20.1. The Morgan fingerprint density at radius 1 is 1.06 bits per heavy atom. The number of hydrogen-bond donors (Lipinski definition) is 2. The van der Waals surface area contributed by atoms with Gasteiger partial charge in [0.1, 0.15) is 5.69 Å². The molecule has 31 heavy (non-hydrogen) atoms. The molecule has 0 radical (unpaired) electrons. The lowest BCUT2D eigenvalue weighted by Gasteiger charge is -2.26. The number of morpholine rings is 1. The molecule has 2 heterocycles. The number of nitrogens with one attached hydrogen (secondary N) is 2. The summed E-state index contributed by atoms with van der Waals surface area (Å²) in [5.41, 5.74) is 6.70. The monoisotopic (exact) mass is 434 g/mol. The molecule has 0 aliphatic carbocycles. The second kappa shape index (κ2) is 10.8. The van der Waals surface area contributed by atoms with Crippen molar-refractivity contribution in [1.82, 2.24) is 25.4 Å². The van der Waals surface area contributed by atoms with Crippen LogP contribution in [0.3, 0.4) is 0 Å². The Hall–Kier alpha value is -3.07. The van der Waals surface area contributed by atoms with E-state index in [0.29, 0.717) is 5.11 Å². The average molecular weight is 435 g/mol. The molecule has 0 unspecified atom stereocenters. The summed E-state index contributed by atoms with van der Waals surface area (Å²) in [6.45, 7) is 5.22. The molecule has 1 aromatic heterocycles. The van der Waals surface area contributed by atoms with Crippen LogP contribution >= 0.6 is 12.2 Å². The smallest absolute Gasteiger partial charge is 0.187 e. The third-order valence-electron chi connectivity index (χ3n) is 5.00. The molecule has 0 bridgehead atoms. The number of para-hydroxylation sites is 1. The normalized spacial score (nSPS) is 14.6. The van der Waals surface area contributed by atoms with Crippen LogP contribution in [0.4, 0.5) is 0 Å². The van der Waals surface area contributed by atoms with Crippen molar-refractivity contribution in [3.8, 4) is 16.9 Å². The molecule has 2 N–H and O–H groups in total. The molecule has 4 rings (SSSR count). The predicted octanol–water partition coefficient (Wildman–Crippen LogP) is 2.67. The lowest BCUT2D eigenvalue weighted by molar-refractivity contribution is 0.0389. The van der Waals surface area contributed by atoms with Gasteiger partial charge < -0.3 is 10.1 Å². The van der Waals surface area contributed by atoms with Crippen LogP contribution in [0.15, 0.2) is 72.0 Å². The van der Waals surface area contributed by atoms with E-state index in [1.165, 1.54) is 0 Å². The first-order valence-electron chi connectivity index (χ1n) is 10.4. The topological polar surface area (TPSA) is 66.7 Å². The van der Waals surface area contributed by atoms with Crippen LogP contribution in [-0.4, -0.2) is 65.4 Å². The van der Waals surface area contributed by atoms with Gasteiger partial charge in [-0.2, -0.15) is 10.2 Å². The van der Waals surface area contributed by atoms with Gasteiger partial charge in [-0.1, -0.05) is 48.5 Å².